The smallest absolute Gasteiger partial charge is 0.242 e. The highest BCUT2D eigenvalue weighted by molar-refractivity contribution is 5.90. The molecule has 5 nitrogen and oxygen atoms in total. The molecule has 5 heteroatoms. The molecule has 1 saturated heterocycles. The summed E-state index contributed by atoms with van der Waals surface area (Å²) < 4.78 is 0. The van der Waals surface area contributed by atoms with E-state index in [-0.39, 0.29) is 24.5 Å². The first-order chi connectivity index (χ1) is 7.67. The van der Waals surface area contributed by atoms with Crippen LogP contribution in [-0.4, -0.2) is 36.1 Å². The van der Waals surface area contributed by atoms with Gasteiger partial charge in [0.2, 0.25) is 11.8 Å². The number of hydrogen-bond donors (Lipinski definition) is 3. The maximum Gasteiger partial charge on any atom is 0.242 e. The van der Waals surface area contributed by atoms with Crippen LogP contribution in [0.25, 0.3) is 0 Å². The number of amides is 2. The Bertz CT molecular complexity index is 256. The maximum atomic E-state index is 11.6. The molecule has 16 heavy (non-hydrogen) atoms. The van der Waals surface area contributed by atoms with E-state index < -0.39 is 0 Å². The first kappa shape index (κ1) is 13.0. The van der Waals surface area contributed by atoms with E-state index in [1.165, 1.54) is 0 Å². The van der Waals surface area contributed by atoms with Gasteiger partial charge in [-0.05, 0) is 18.8 Å². The Hall–Kier alpha value is -1.10. The number of nitrogens with one attached hydrogen (secondary N) is 2. The molecule has 1 heterocycles. The van der Waals surface area contributed by atoms with Crippen LogP contribution in [0.2, 0.25) is 0 Å². The van der Waals surface area contributed by atoms with Gasteiger partial charge in [-0.3, -0.25) is 9.59 Å². The summed E-state index contributed by atoms with van der Waals surface area (Å²) in [5, 5.41) is 14.3. The monoisotopic (exact) mass is 228 g/mol. The van der Waals surface area contributed by atoms with Crippen molar-refractivity contribution in [1.29, 1.82) is 0 Å². The molecule has 0 bridgehead atoms. The second-order valence-electron chi connectivity index (χ2n) is 4.19. The molecule has 0 spiro atoms. The fourth-order valence-electron chi connectivity index (χ4n) is 1.81. The lowest BCUT2D eigenvalue weighted by Gasteiger charge is -2.16. The molecular formula is C11H20N2O3. The first-order valence-corrected chi connectivity index (χ1v) is 5.85. The highest BCUT2D eigenvalue weighted by Crippen LogP contribution is 2.08. The summed E-state index contributed by atoms with van der Waals surface area (Å²) in [6.45, 7) is 2.75. The summed E-state index contributed by atoms with van der Waals surface area (Å²) in [6, 6.07) is -0.362. The van der Waals surface area contributed by atoms with E-state index in [1.807, 2.05) is 6.92 Å². The summed E-state index contributed by atoms with van der Waals surface area (Å²) in [6.07, 6.45) is 2.65. The van der Waals surface area contributed by atoms with Crippen molar-refractivity contribution >= 4 is 11.8 Å². The molecule has 0 saturated carbocycles. The van der Waals surface area contributed by atoms with Crippen molar-refractivity contribution in [2.24, 2.45) is 5.92 Å². The van der Waals surface area contributed by atoms with Gasteiger partial charge >= 0.3 is 0 Å². The van der Waals surface area contributed by atoms with E-state index in [0.29, 0.717) is 31.7 Å². The van der Waals surface area contributed by atoms with Crippen LogP contribution in [0.5, 0.6) is 0 Å². The van der Waals surface area contributed by atoms with Gasteiger partial charge in [-0.15, -0.1) is 0 Å². The van der Waals surface area contributed by atoms with Gasteiger partial charge in [-0.2, -0.15) is 0 Å². The van der Waals surface area contributed by atoms with E-state index in [2.05, 4.69) is 10.6 Å². The summed E-state index contributed by atoms with van der Waals surface area (Å²) in [5.41, 5.74) is 0. The lowest BCUT2D eigenvalue weighted by atomic mass is 10.0. The van der Waals surface area contributed by atoms with Gasteiger partial charge in [-0.25, -0.2) is 0 Å². The third-order valence-electron chi connectivity index (χ3n) is 2.99. The SMILES string of the molecule is CCC(CCO)CNC(=O)C1CCC(=O)N1. The third kappa shape index (κ3) is 3.81. The topological polar surface area (TPSA) is 78.4 Å². The number of carbonyl (C=O) groups excluding carboxylic acids is 2. The van der Waals surface area contributed by atoms with Crippen LogP contribution < -0.4 is 10.6 Å². The number of aliphatic hydroxyl groups excluding tert-OH is 1. The Balaban J connectivity index is 2.26. The zero-order chi connectivity index (χ0) is 12.0. The van der Waals surface area contributed by atoms with E-state index in [4.69, 9.17) is 5.11 Å². The Morgan fingerprint density at radius 2 is 2.44 bits per heavy atom. The summed E-state index contributed by atoms with van der Waals surface area (Å²) in [4.78, 5) is 22.6. The maximum absolute atomic E-state index is 11.6. The zero-order valence-corrected chi connectivity index (χ0v) is 9.66. The third-order valence-corrected chi connectivity index (χ3v) is 2.99. The van der Waals surface area contributed by atoms with Crippen LogP contribution >= 0.6 is 0 Å². The van der Waals surface area contributed by atoms with Crippen molar-refractivity contribution in [2.75, 3.05) is 13.2 Å². The second-order valence-corrected chi connectivity index (χ2v) is 4.19. The Morgan fingerprint density at radius 1 is 1.69 bits per heavy atom. The standard InChI is InChI=1S/C11H20N2O3/c1-2-8(5-6-14)7-12-11(16)9-3-4-10(15)13-9/h8-9,14H,2-7H2,1H3,(H,12,16)(H,13,15). The van der Waals surface area contributed by atoms with Crippen LogP contribution in [-0.2, 0) is 9.59 Å². The largest absolute Gasteiger partial charge is 0.396 e. The lowest BCUT2D eigenvalue weighted by molar-refractivity contribution is -0.125. The highest BCUT2D eigenvalue weighted by atomic mass is 16.3. The van der Waals surface area contributed by atoms with E-state index in [1.54, 1.807) is 0 Å². The molecule has 0 aromatic carbocycles. The molecule has 0 aliphatic carbocycles. The molecule has 2 amide bonds. The molecule has 2 unspecified atom stereocenters. The number of hydrogen-bond acceptors (Lipinski definition) is 3. The van der Waals surface area contributed by atoms with Crippen LogP contribution in [0.15, 0.2) is 0 Å². The number of rotatable bonds is 6. The summed E-state index contributed by atoms with van der Waals surface area (Å²) in [5.74, 6) is 0.149. The summed E-state index contributed by atoms with van der Waals surface area (Å²) in [7, 11) is 0. The molecule has 1 aliphatic heterocycles. The van der Waals surface area contributed by atoms with Crippen molar-refractivity contribution in [3.05, 3.63) is 0 Å². The van der Waals surface area contributed by atoms with Gasteiger partial charge in [-0.1, -0.05) is 13.3 Å². The fraction of sp³-hybridized carbons (Fsp3) is 0.818. The van der Waals surface area contributed by atoms with Gasteiger partial charge in [0.25, 0.3) is 0 Å². The zero-order valence-electron chi connectivity index (χ0n) is 9.66. The minimum Gasteiger partial charge on any atom is -0.396 e. The van der Waals surface area contributed by atoms with Gasteiger partial charge in [0.1, 0.15) is 6.04 Å². The fourth-order valence-corrected chi connectivity index (χ4v) is 1.81. The Morgan fingerprint density at radius 3 is 2.94 bits per heavy atom. The van der Waals surface area contributed by atoms with Crippen LogP contribution in [0, 0.1) is 5.92 Å². The lowest BCUT2D eigenvalue weighted by Crippen LogP contribution is -2.43. The average Bonchev–Trinajstić information content (AvgIpc) is 2.70. The molecule has 0 radical (unpaired) electrons. The molecule has 1 aliphatic rings. The van der Waals surface area contributed by atoms with Gasteiger partial charge < -0.3 is 15.7 Å². The molecule has 1 rings (SSSR count). The van der Waals surface area contributed by atoms with Gasteiger partial charge in [0, 0.05) is 19.6 Å². The number of aliphatic hydroxyl groups is 1. The minimum atomic E-state index is -0.362. The number of carbonyl (C=O) groups is 2. The molecule has 1 fully saturated rings. The van der Waals surface area contributed by atoms with Crippen molar-refractivity contribution in [2.45, 2.75) is 38.6 Å². The predicted molar refractivity (Wildman–Crippen MR) is 59.7 cm³/mol. The second kappa shape index (κ2) is 6.48. The van der Waals surface area contributed by atoms with Crippen molar-refractivity contribution in [3.8, 4) is 0 Å². The van der Waals surface area contributed by atoms with E-state index in [9.17, 15) is 9.59 Å². The van der Waals surface area contributed by atoms with Crippen LogP contribution in [0.1, 0.15) is 32.6 Å². The Labute approximate surface area is 95.6 Å². The van der Waals surface area contributed by atoms with Crippen LogP contribution in [0.4, 0.5) is 0 Å². The van der Waals surface area contributed by atoms with Crippen molar-refractivity contribution < 1.29 is 14.7 Å². The molecule has 3 N–H and O–H groups in total. The molecule has 0 aromatic rings. The molecule has 92 valence electrons. The van der Waals surface area contributed by atoms with E-state index in [0.717, 1.165) is 6.42 Å². The molecule has 0 aromatic heterocycles. The highest BCUT2D eigenvalue weighted by Gasteiger charge is 2.27. The Kier molecular flexibility index (Phi) is 5.25. The van der Waals surface area contributed by atoms with Gasteiger partial charge in [0.05, 0.1) is 0 Å². The molecular weight excluding hydrogens is 208 g/mol. The molecule has 2 atom stereocenters. The quantitative estimate of drug-likeness (QED) is 0.588. The minimum absolute atomic E-state index is 0.0532. The van der Waals surface area contributed by atoms with E-state index >= 15 is 0 Å². The predicted octanol–water partition coefficient (Wildman–Crippen LogP) is -0.210. The first-order valence-electron chi connectivity index (χ1n) is 5.85. The summed E-state index contributed by atoms with van der Waals surface area (Å²) >= 11 is 0. The van der Waals surface area contributed by atoms with Crippen LogP contribution in [0.3, 0.4) is 0 Å². The van der Waals surface area contributed by atoms with Crippen molar-refractivity contribution in [1.82, 2.24) is 10.6 Å². The normalized spacial score (nSPS) is 21.6. The van der Waals surface area contributed by atoms with Gasteiger partial charge in [0.15, 0.2) is 0 Å². The van der Waals surface area contributed by atoms with Crippen molar-refractivity contribution in [3.63, 3.8) is 0 Å². The average molecular weight is 228 g/mol.